The second-order valence-electron chi connectivity index (χ2n) is 3.89. The summed E-state index contributed by atoms with van der Waals surface area (Å²) in [5, 5.41) is 3.23. The molecular formula is C11H8F5N3O. The lowest BCUT2D eigenvalue weighted by atomic mass is 10.0. The summed E-state index contributed by atoms with van der Waals surface area (Å²) in [7, 11) is 0. The van der Waals surface area contributed by atoms with Crippen molar-refractivity contribution in [2.45, 2.75) is 18.6 Å². The number of rotatable bonds is 3. The quantitative estimate of drug-likeness (QED) is 0.883. The van der Waals surface area contributed by atoms with E-state index in [1.54, 1.807) is 0 Å². The minimum absolute atomic E-state index is 0.0430. The molecule has 0 radical (unpaired) electrons. The maximum Gasteiger partial charge on any atom is 0.416 e. The number of aromatic nitrogens is 2. The van der Waals surface area contributed by atoms with Gasteiger partial charge in [0.05, 0.1) is 11.6 Å². The highest BCUT2D eigenvalue weighted by Crippen LogP contribution is 2.31. The zero-order valence-corrected chi connectivity index (χ0v) is 9.73. The van der Waals surface area contributed by atoms with Gasteiger partial charge in [-0.15, -0.1) is 0 Å². The van der Waals surface area contributed by atoms with Crippen LogP contribution in [0.3, 0.4) is 0 Å². The summed E-state index contributed by atoms with van der Waals surface area (Å²) in [5.74, 6) is -1.23. The maximum absolute atomic E-state index is 12.6. The highest BCUT2D eigenvalue weighted by atomic mass is 19.4. The molecule has 20 heavy (non-hydrogen) atoms. The lowest BCUT2D eigenvalue weighted by molar-refractivity contribution is -0.137. The molecule has 1 aromatic heterocycles. The molecule has 1 unspecified atom stereocenters. The minimum atomic E-state index is -4.53. The molecule has 0 fully saturated rings. The van der Waals surface area contributed by atoms with Crippen molar-refractivity contribution < 1.29 is 26.5 Å². The third kappa shape index (κ3) is 2.93. The Balaban J connectivity index is 2.30. The monoisotopic (exact) mass is 293 g/mol. The van der Waals surface area contributed by atoms with Crippen molar-refractivity contribution in [3.63, 3.8) is 0 Å². The summed E-state index contributed by atoms with van der Waals surface area (Å²) >= 11 is 0. The van der Waals surface area contributed by atoms with Crippen molar-refractivity contribution in [2.75, 3.05) is 0 Å². The lowest BCUT2D eigenvalue weighted by Gasteiger charge is -2.11. The molecule has 0 saturated heterocycles. The molecule has 0 aliphatic rings. The first-order chi connectivity index (χ1) is 9.29. The molecule has 1 aromatic carbocycles. The number of nitrogens with zero attached hydrogens (tertiary/aromatic N) is 2. The van der Waals surface area contributed by atoms with Gasteiger partial charge >= 0.3 is 12.6 Å². The topological polar surface area (TPSA) is 64.9 Å². The van der Waals surface area contributed by atoms with Gasteiger partial charge in [-0.25, -0.2) is 0 Å². The molecule has 0 aliphatic heterocycles. The third-order valence-corrected chi connectivity index (χ3v) is 2.50. The molecule has 2 aromatic rings. The van der Waals surface area contributed by atoms with E-state index in [1.165, 1.54) is 6.07 Å². The average molecular weight is 293 g/mol. The van der Waals surface area contributed by atoms with Gasteiger partial charge in [-0.05, 0) is 17.7 Å². The van der Waals surface area contributed by atoms with Crippen LogP contribution in [-0.2, 0) is 6.18 Å². The van der Waals surface area contributed by atoms with Crippen molar-refractivity contribution >= 4 is 0 Å². The Bertz CT molecular complexity index is 596. The van der Waals surface area contributed by atoms with Crippen LogP contribution >= 0.6 is 0 Å². The van der Waals surface area contributed by atoms with E-state index in [1.807, 2.05) is 0 Å². The number of hydrogen-bond acceptors (Lipinski definition) is 4. The Hall–Kier alpha value is -2.03. The maximum atomic E-state index is 12.6. The van der Waals surface area contributed by atoms with Gasteiger partial charge in [0.15, 0.2) is 5.82 Å². The average Bonchev–Trinajstić information content (AvgIpc) is 2.87. The Morgan fingerprint density at radius 1 is 1.20 bits per heavy atom. The van der Waals surface area contributed by atoms with Crippen LogP contribution in [-0.4, -0.2) is 10.1 Å². The van der Waals surface area contributed by atoms with E-state index in [2.05, 4.69) is 14.7 Å². The first kappa shape index (κ1) is 14.4. The molecule has 1 atom stereocenters. The Kier molecular flexibility index (Phi) is 3.71. The first-order valence-electron chi connectivity index (χ1n) is 5.33. The van der Waals surface area contributed by atoms with Crippen LogP contribution in [0.2, 0.25) is 0 Å². The number of hydrogen-bond donors (Lipinski definition) is 1. The highest BCUT2D eigenvalue weighted by molar-refractivity contribution is 5.30. The van der Waals surface area contributed by atoms with Gasteiger partial charge in [0.25, 0.3) is 5.89 Å². The van der Waals surface area contributed by atoms with Gasteiger partial charge < -0.3 is 10.3 Å². The van der Waals surface area contributed by atoms with E-state index < -0.39 is 30.1 Å². The SMILES string of the molecule is NC(c1cccc(C(F)(F)F)c1)c1noc(C(F)F)n1. The standard InChI is InChI=1S/C11H8F5N3O/c12-8(13)10-18-9(19-20-10)7(17)5-2-1-3-6(4-5)11(14,15)16/h1-4,7-8H,17H2. The summed E-state index contributed by atoms with van der Waals surface area (Å²) < 4.78 is 66.5. The van der Waals surface area contributed by atoms with Crippen LogP contribution in [0, 0.1) is 0 Å². The summed E-state index contributed by atoms with van der Waals surface area (Å²) in [6.07, 6.45) is -7.49. The van der Waals surface area contributed by atoms with E-state index in [0.717, 1.165) is 18.2 Å². The van der Waals surface area contributed by atoms with Gasteiger partial charge in [0.1, 0.15) is 0 Å². The van der Waals surface area contributed by atoms with E-state index in [0.29, 0.717) is 0 Å². The summed E-state index contributed by atoms with van der Waals surface area (Å²) in [4.78, 5) is 3.34. The number of nitrogens with two attached hydrogens (primary N) is 1. The van der Waals surface area contributed by atoms with Crippen molar-refractivity contribution in [1.82, 2.24) is 10.1 Å². The Morgan fingerprint density at radius 2 is 1.90 bits per heavy atom. The molecule has 0 bridgehead atoms. The van der Waals surface area contributed by atoms with Crippen molar-refractivity contribution in [3.05, 3.63) is 47.1 Å². The zero-order valence-electron chi connectivity index (χ0n) is 9.73. The molecule has 4 nitrogen and oxygen atoms in total. The molecular weight excluding hydrogens is 285 g/mol. The van der Waals surface area contributed by atoms with Crippen LogP contribution in [0.25, 0.3) is 0 Å². The molecule has 108 valence electrons. The molecule has 2 N–H and O–H groups in total. The van der Waals surface area contributed by atoms with Crippen LogP contribution < -0.4 is 5.73 Å². The smallest absolute Gasteiger partial charge is 0.333 e. The summed E-state index contributed by atoms with van der Waals surface area (Å²) in [5.41, 5.74) is 4.79. The molecule has 0 spiro atoms. The normalized spacial score (nSPS) is 13.8. The molecule has 1 heterocycles. The fourth-order valence-electron chi connectivity index (χ4n) is 1.52. The van der Waals surface area contributed by atoms with Gasteiger partial charge in [-0.1, -0.05) is 17.3 Å². The number of benzene rings is 1. The predicted molar refractivity (Wildman–Crippen MR) is 56.7 cm³/mol. The van der Waals surface area contributed by atoms with Crippen LogP contribution in [0.4, 0.5) is 22.0 Å². The molecule has 0 amide bonds. The van der Waals surface area contributed by atoms with Crippen LogP contribution in [0.15, 0.2) is 28.8 Å². The van der Waals surface area contributed by atoms with Gasteiger partial charge in [-0.3, -0.25) is 0 Å². The molecule has 0 aliphatic carbocycles. The van der Waals surface area contributed by atoms with Crippen LogP contribution in [0.5, 0.6) is 0 Å². The second-order valence-corrected chi connectivity index (χ2v) is 3.89. The van der Waals surface area contributed by atoms with Gasteiger partial charge in [0.2, 0.25) is 0 Å². The molecule has 9 heteroatoms. The van der Waals surface area contributed by atoms with E-state index in [9.17, 15) is 22.0 Å². The van der Waals surface area contributed by atoms with E-state index >= 15 is 0 Å². The summed E-state index contributed by atoms with van der Waals surface area (Å²) in [6, 6.07) is 2.97. The van der Waals surface area contributed by atoms with E-state index in [-0.39, 0.29) is 11.4 Å². The Labute approximate surface area is 109 Å². The fourth-order valence-corrected chi connectivity index (χ4v) is 1.52. The second kappa shape index (κ2) is 5.16. The summed E-state index contributed by atoms with van der Waals surface area (Å²) in [6.45, 7) is 0. The van der Waals surface area contributed by atoms with Gasteiger partial charge in [-0.2, -0.15) is 26.9 Å². The third-order valence-electron chi connectivity index (χ3n) is 2.50. The van der Waals surface area contributed by atoms with E-state index in [4.69, 9.17) is 5.73 Å². The zero-order chi connectivity index (χ0) is 14.9. The number of halogens is 5. The number of alkyl halides is 5. The Morgan fingerprint density at radius 3 is 2.45 bits per heavy atom. The van der Waals surface area contributed by atoms with Crippen LogP contribution in [0.1, 0.15) is 35.3 Å². The lowest BCUT2D eigenvalue weighted by Crippen LogP contribution is -2.15. The molecule has 2 rings (SSSR count). The van der Waals surface area contributed by atoms with Crippen molar-refractivity contribution in [2.24, 2.45) is 5.73 Å². The van der Waals surface area contributed by atoms with Crippen molar-refractivity contribution in [3.8, 4) is 0 Å². The first-order valence-corrected chi connectivity index (χ1v) is 5.33. The largest absolute Gasteiger partial charge is 0.416 e. The highest BCUT2D eigenvalue weighted by Gasteiger charge is 2.31. The van der Waals surface area contributed by atoms with Crippen molar-refractivity contribution in [1.29, 1.82) is 0 Å². The minimum Gasteiger partial charge on any atom is -0.333 e. The molecule has 0 saturated carbocycles. The predicted octanol–water partition coefficient (Wildman–Crippen LogP) is 3.07. The fraction of sp³-hybridized carbons (Fsp3) is 0.273. The van der Waals surface area contributed by atoms with Gasteiger partial charge in [0, 0.05) is 0 Å².